The smallest absolute Gasteiger partial charge is 0.236 e. The van der Waals surface area contributed by atoms with E-state index in [4.69, 9.17) is 11.6 Å². The molecule has 1 unspecified atom stereocenters. The van der Waals surface area contributed by atoms with Crippen molar-refractivity contribution in [2.45, 2.75) is 50.2 Å². The van der Waals surface area contributed by atoms with E-state index in [9.17, 15) is 4.79 Å². The molecule has 0 radical (unpaired) electrons. The van der Waals surface area contributed by atoms with E-state index < -0.39 is 0 Å². The number of amides is 1. The molecule has 1 aromatic rings. The molecule has 116 valence electrons. The molecule has 1 aliphatic heterocycles. The Bertz CT molecular complexity index is 486. The van der Waals surface area contributed by atoms with E-state index in [0.717, 1.165) is 35.8 Å². The maximum absolute atomic E-state index is 12.8. The van der Waals surface area contributed by atoms with E-state index in [1.54, 1.807) is 11.8 Å². The SMILES string of the molecule is CCC(Sc1ccc(Cl)cc1)C(=O)N1CCCC(C)(C)C1. The molecular formula is C17H24ClNOS. The minimum absolute atomic E-state index is 0.0000699. The van der Waals surface area contributed by atoms with Crippen LogP contribution < -0.4 is 0 Å². The Morgan fingerprint density at radius 1 is 1.38 bits per heavy atom. The molecule has 0 N–H and O–H groups in total. The van der Waals surface area contributed by atoms with Gasteiger partial charge in [-0.3, -0.25) is 4.79 Å². The van der Waals surface area contributed by atoms with Gasteiger partial charge in [-0.2, -0.15) is 0 Å². The van der Waals surface area contributed by atoms with Crippen LogP contribution in [0.2, 0.25) is 5.02 Å². The highest BCUT2D eigenvalue weighted by atomic mass is 35.5. The molecule has 1 atom stereocenters. The molecule has 1 saturated heterocycles. The summed E-state index contributed by atoms with van der Waals surface area (Å²) >= 11 is 7.56. The van der Waals surface area contributed by atoms with Crippen molar-refractivity contribution in [3.8, 4) is 0 Å². The molecule has 0 spiro atoms. The van der Waals surface area contributed by atoms with Crippen LogP contribution >= 0.6 is 23.4 Å². The quantitative estimate of drug-likeness (QED) is 0.737. The summed E-state index contributed by atoms with van der Waals surface area (Å²) in [4.78, 5) is 15.9. The zero-order chi connectivity index (χ0) is 15.5. The van der Waals surface area contributed by atoms with Crippen LogP contribution in [-0.2, 0) is 4.79 Å². The van der Waals surface area contributed by atoms with Gasteiger partial charge in [0.25, 0.3) is 0 Å². The van der Waals surface area contributed by atoms with E-state index in [1.165, 1.54) is 6.42 Å². The minimum atomic E-state index is 0.0000699. The van der Waals surface area contributed by atoms with Crippen LogP contribution in [0.25, 0.3) is 0 Å². The van der Waals surface area contributed by atoms with E-state index in [1.807, 2.05) is 24.3 Å². The summed E-state index contributed by atoms with van der Waals surface area (Å²) in [7, 11) is 0. The monoisotopic (exact) mass is 325 g/mol. The molecule has 2 nitrogen and oxygen atoms in total. The average Bonchev–Trinajstić information content (AvgIpc) is 2.45. The second-order valence-electron chi connectivity index (χ2n) is 6.50. The lowest BCUT2D eigenvalue weighted by atomic mass is 9.84. The topological polar surface area (TPSA) is 20.3 Å². The van der Waals surface area contributed by atoms with Crippen molar-refractivity contribution in [1.29, 1.82) is 0 Å². The van der Waals surface area contributed by atoms with Gasteiger partial charge in [0.1, 0.15) is 0 Å². The fourth-order valence-electron chi connectivity index (χ4n) is 2.80. The van der Waals surface area contributed by atoms with Gasteiger partial charge in [-0.25, -0.2) is 0 Å². The first-order chi connectivity index (χ1) is 9.91. The lowest BCUT2D eigenvalue weighted by Gasteiger charge is -2.39. The normalized spacial score (nSPS) is 19.3. The highest BCUT2D eigenvalue weighted by molar-refractivity contribution is 8.00. The number of likely N-dealkylation sites (tertiary alicyclic amines) is 1. The lowest BCUT2D eigenvalue weighted by molar-refractivity contribution is -0.133. The number of carbonyl (C=O) groups is 1. The standard InChI is InChI=1S/C17H24ClNOS/c1-4-15(21-14-8-6-13(18)7-9-14)16(20)19-11-5-10-17(2,3)12-19/h6-9,15H,4-5,10-12H2,1-3H3. The molecule has 1 aromatic carbocycles. The number of hydrogen-bond donors (Lipinski definition) is 0. The van der Waals surface area contributed by atoms with Gasteiger partial charge in [0, 0.05) is 23.0 Å². The summed E-state index contributed by atoms with van der Waals surface area (Å²) in [5.41, 5.74) is 0.247. The molecule has 1 aliphatic rings. The molecule has 0 aromatic heterocycles. The maximum Gasteiger partial charge on any atom is 0.236 e. The van der Waals surface area contributed by atoms with Crippen molar-refractivity contribution in [2.75, 3.05) is 13.1 Å². The Morgan fingerprint density at radius 3 is 2.62 bits per heavy atom. The van der Waals surface area contributed by atoms with Crippen LogP contribution in [-0.4, -0.2) is 29.1 Å². The zero-order valence-corrected chi connectivity index (χ0v) is 14.6. The number of halogens is 1. The molecular weight excluding hydrogens is 302 g/mol. The third-order valence-corrected chi connectivity index (χ3v) is 5.57. The van der Waals surface area contributed by atoms with E-state index in [0.29, 0.717) is 0 Å². The van der Waals surface area contributed by atoms with Crippen molar-refractivity contribution in [3.63, 3.8) is 0 Å². The maximum atomic E-state index is 12.8. The van der Waals surface area contributed by atoms with Crippen molar-refractivity contribution < 1.29 is 4.79 Å². The zero-order valence-electron chi connectivity index (χ0n) is 13.1. The van der Waals surface area contributed by atoms with Crippen LogP contribution in [0.15, 0.2) is 29.2 Å². The van der Waals surface area contributed by atoms with Gasteiger partial charge in [-0.15, -0.1) is 11.8 Å². The van der Waals surface area contributed by atoms with Gasteiger partial charge in [0.05, 0.1) is 5.25 Å². The third-order valence-electron chi connectivity index (χ3n) is 3.95. The number of rotatable bonds is 4. The molecule has 1 fully saturated rings. The van der Waals surface area contributed by atoms with Crippen molar-refractivity contribution in [2.24, 2.45) is 5.41 Å². The van der Waals surface area contributed by atoms with E-state index in [2.05, 4.69) is 25.7 Å². The number of benzene rings is 1. The van der Waals surface area contributed by atoms with Gasteiger partial charge in [0.2, 0.25) is 5.91 Å². The molecule has 0 saturated carbocycles. The Morgan fingerprint density at radius 2 is 2.05 bits per heavy atom. The molecule has 2 rings (SSSR count). The summed E-state index contributed by atoms with van der Waals surface area (Å²) in [5, 5.41) is 0.733. The van der Waals surface area contributed by atoms with Crippen LogP contribution in [0, 0.1) is 5.41 Å². The van der Waals surface area contributed by atoms with Gasteiger partial charge in [0.15, 0.2) is 0 Å². The number of hydrogen-bond acceptors (Lipinski definition) is 2. The van der Waals surface area contributed by atoms with Gasteiger partial charge < -0.3 is 4.90 Å². The summed E-state index contributed by atoms with van der Waals surface area (Å²) in [6.07, 6.45) is 3.17. The number of thioether (sulfide) groups is 1. The van der Waals surface area contributed by atoms with Gasteiger partial charge in [-0.1, -0.05) is 32.4 Å². The van der Waals surface area contributed by atoms with Crippen LogP contribution in [0.1, 0.15) is 40.0 Å². The highest BCUT2D eigenvalue weighted by Crippen LogP contribution is 2.32. The highest BCUT2D eigenvalue weighted by Gasteiger charge is 2.32. The predicted octanol–water partition coefficient (Wildman–Crippen LogP) is 4.86. The Hall–Kier alpha value is -0.670. The molecule has 4 heteroatoms. The van der Waals surface area contributed by atoms with E-state index >= 15 is 0 Å². The fraction of sp³-hybridized carbons (Fsp3) is 0.588. The Kier molecular flexibility index (Phi) is 5.61. The first-order valence-electron chi connectivity index (χ1n) is 7.62. The summed E-state index contributed by atoms with van der Waals surface area (Å²) in [5.74, 6) is 0.283. The summed E-state index contributed by atoms with van der Waals surface area (Å²) in [6, 6.07) is 7.74. The van der Waals surface area contributed by atoms with Crippen LogP contribution in [0.3, 0.4) is 0 Å². The van der Waals surface area contributed by atoms with E-state index in [-0.39, 0.29) is 16.6 Å². The minimum Gasteiger partial charge on any atom is -0.341 e. The van der Waals surface area contributed by atoms with Gasteiger partial charge >= 0.3 is 0 Å². The average molecular weight is 326 g/mol. The van der Waals surface area contributed by atoms with Crippen molar-refractivity contribution >= 4 is 29.3 Å². The molecule has 1 heterocycles. The van der Waals surface area contributed by atoms with Crippen LogP contribution in [0.5, 0.6) is 0 Å². The fourth-order valence-corrected chi connectivity index (χ4v) is 3.97. The van der Waals surface area contributed by atoms with Crippen LogP contribution in [0.4, 0.5) is 0 Å². The second kappa shape index (κ2) is 7.06. The molecule has 21 heavy (non-hydrogen) atoms. The molecule has 1 amide bonds. The molecule has 0 aliphatic carbocycles. The Balaban J connectivity index is 2.02. The number of nitrogens with zero attached hydrogens (tertiary/aromatic N) is 1. The predicted molar refractivity (Wildman–Crippen MR) is 91.0 cm³/mol. The van der Waals surface area contributed by atoms with Crippen molar-refractivity contribution in [3.05, 3.63) is 29.3 Å². The first kappa shape index (κ1) is 16.7. The largest absolute Gasteiger partial charge is 0.341 e. The summed E-state index contributed by atoms with van der Waals surface area (Å²) in [6.45, 7) is 8.36. The lowest BCUT2D eigenvalue weighted by Crippen LogP contribution is -2.46. The van der Waals surface area contributed by atoms with Crippen molar-refractivity contribution in [1.82, 2.24) is 4.90 Å². The number of carbonyl (C=O) groups excluding carboxylic acids is 1. The van der Waals surface area contributed by atoms with Gasteiger partial charge in [-0.05, 0) is 48.9 Å². The second-order valence-corrected chi connectivity index (χ2v) is 8.21. The Labute approximate surface area is 137 Å². The third kappa shape index (κ3) is 4.65. The first-order valence-corrected chi connectivity index (χ1v) is 8.88. The summed E-state index contributed by atoms with van der Waals surface area (Å²) < 4.78 is 0. The number of piperidine rings is 1. The molecule has 0 bridgehead atoms.